The number of carboxylic acid groups (broad SMARTS) is 1. The van der Waals surface area contributed by atoms with Gasteiger partial charge in [0.25, 0.3) is 0 Å². The van der Waals surface area contributed by atoms with Gasteiger partial charge in [-0.25, -0.2) is 0 Å². The monoisotopic (exact) mass is 172 g/mol. The molecule has 6 N–H and O–H groups in total. The molecule has 0 bridgehead atoms. The number of rotatable bonds is 2. The highest BCUT2D eigenvalue weighted by Gasteiger charge is 2.25. The maximum atomic E-state index is 10.5. The van der Waals surface area contributed by atoms with Gasteiger partial charge in [0.1, 0.15) is 6.04 Å². The Morgan fingerprint density at radius 1 is 1.83 bits per heavy atom. The van der Waals surface area contributed by atoms with E-state index >= 15 is 0 Å². The third-order valence-corrected chi connectivity index (χ3v) is 1.77. The number of nitrogens with two attached hydrogens (primary N) is 2. The minimum absolute atomic E-state index is 0.267. The summed E-state index contributed by atoms with van der Waals surface area (Å²) < 4.78 is 0. The van der Waals surface area contributed by atoms with E-state index in [0.717, 1.165) is 0 Å². The molecular weight excluding hydrogens is 160 g/mol. The van der Waals surface area contributed by atoms with E-state index in [1.165, 1.54) is 0 Å². The van der Waals surface area contributed by atoms with Crippen LogP contribution in [0.15, 0.2) is 4.99 Å². The van der Waals surface area contributed by atoms with E-state index in [-0.39, 0.29) is 12.0 Å². The molecular formula is C6H12N4O2. The average molecular weight is 172 g/mol. The average Bonchev–Trinajstić information content (AvgIpc) is 2.03. The van der Waals surface area contributed by atoms with E-state index in [1.54, 1.807) is 0 Å². The summed E-state index contributed by atoms with van der Waals surface area (Å²) in [6.07, 6.45) is 0.605. The zero-order valence-corrected chi connectivity index (χ0v) is 6.53. The molecule has 12 heavy (non-hydrogen) atoms. The highest BCUT2D eigenvalue weighted by Crippen LogP contribution is 2.01. The summed E-state index contributed by atoms with van der Waals surface area (Å²) in [6.45, 7) is 0.532. The van der Waals surface area contributed by atoms with E-state index in [9.17, 15) is 4.79 Å². The van der Waals surface area contributed by atoms with E-state index < -0.39 is 12.0 Å². The van der Waals surface area contributed by atoms with Crippen LogP contribution in [0.4, 0.5) is 0 Å². The molecule has 6 nitrogen and oxygen atoms in total. The lowest BCUT2D eigenvalue weighted by Gasteiger charge is -2.25. The molecule has 0 unspecified atom stereocenters. The standard InChI is InChI=1S/C6H12N4O2/c7-4(5(11)12)3-1-2-9-6(8)10-3/h3-4H,1-2,7H2,(H,11,12)(H3,8,9,10)/t3-,4-/m0/s1. The predicted molar refractivity (Wildman–Crippen MR) is 43.6 cm³/mol. The Bertz CT molecular complexity index is 216. The predicted octanol–water partition coefficient (Wildman–Crippen LogP) is -1.93. The first-order valence-electron chi connectivity index (χ1n) is 3.66. The number of aliphatic carboxylic acids is 1. The quantitative estimate of drug-likeness (QED) is 0.387. The van der Waals surface area contributed by atoms with Crippen molar-refractivity contribution in [3.8, 4) is 0 Å². The Morgan fingerprint density at radius 2 is 2.50 bits per heavy atom. The molecule has 1 rings (SSSR count). The van der Waals surface area contributed by atoms with Gasteiger partial charge in [-0.05, 0) is 6.42 Å². The minimum Gasteiger partial charge on any atom is -0.480 e. The van der Waals surface area contributed by atoms with Crippen molar-refractivity contribution in [1.29, 1.82) is 0 Å². The van der Waals surface area contributed by atoms with Crippen LogP contribution >= 0.6 is 0 Å². The summed E-state index contributed by atoms with van der Waals surface area (Å²) in [4.78, 5) is 14.3. The second-order valence-electron chi connectivity index (χ2n) is 2.67. The summed E-state index contributed by atoms with van der Waals surface area (Å²) in [5.74, 6) is -0.759. The normalized spacial score (nSPS) is 25.4. The fraction of sp³-hybridized carbons (Fsp3) is 0.667. The van der Waals surface area contributed by atoms with Crippen LogP contribution in [0.2, 0.25) is 0 Å². The largest absolute Gasteiger partial charge is 0.480 e. The molecule has 68 valence electrons. The second-order valence-corrected chi connectivity index (χ2v) is 2.67. The maximum Gasteiger partial charge on any atom is 0.322 e. The third kappa shape index (κ3) is 1.85. The Kier molecular flexibility index (Phi) is 2.49. The van der Waals surface area contributed by atoms with Crippen LogP contribution < -0.4 is 16.8 Å². The maximum absolute atomic E-state index is 10.5. The number of carbonyl (C=O) groups is 1. The molecule has 0 amide bonds. The van der Waals surface area contributed by atoms with Gasteiger partial charge in [0.2, 0.25) is 0 Å². The van der Waals surface area contributed by atoms with Gasteiger partial charge in [-0.3, -0.25) is 9.79 Å². The van der Waals surface area contributed by atoms with Crippen molar-refractivity contribution >= 4 is 11.9 Å². The molecule has 0 aromatic heterocycles. The molecule has 0 saturated heterocycles. The van der Waals surface area contributed by atoms with E-state index in [2.05, 4.69) is 10.3 Å². The molecule has 0 aromatic rings. The molecule has 6 heteroatoms. The number of nitrogens with zero attached hydrogens (tertiary/aromatic N) is 1. The summed E-state index contributed by atoms with van der Waals surface area (Å²) in [7, 11) is 0. The van der Waals surface area contributed by atoms with Crippen LogP contribution in [-0.4, -0.2) is 35.7 Å². The molecule has 0 aliphatic carbocycles. The van der Waals surface area contributed by atoms with E-state index in [1.807, 2.05) is 0 Å². The SMILES string of the molecule is NC1=NCC[C@@H]([C@H](N)C(=O)O)N1. The number of hydrogen-bond donors (Lipinski definition) is 4. The molecule has 1 aliphatic rings. The van der Waals surface area contributed by atoms with E-state index in [0.29, 0.717) is 13.0 Å². The van der Waals surface area contributed by atoms with Crippen molar-refractivity contribution < 1.29 is 9.90 Å². The Hall–Kier alpha value is -1.30. The molecule has 1 heterocycles. The lowest BCUT2D eigenvalue weighted by Crippen LogP contribution is -2.55. The van der Waals surface area contributed by atoms with Crippen molar-refractivity contribution in [2.45, 2.75) is 18.5 Å². The van der Waals surface area contributed by atoms with Gasteiger partial charge in [0, 0.05) is 6.54 Å². The first-order valence-corrected chi connectivity index (χ1v) is 3.66. The van der Waals surface area contributed by atoms with Gasteiger partial charge in [-0.2, -0.15) is 0 Å². The van der Waals surface area contributed by atoms with Gasteiger partial charge >= 0.3 is 5.97 Å². The number of carboxylic acids is 1. The molecule has 0 aromatic carbocycles. The van der Waals surface area contributed by atoms with Crippen molar-refractivity contribution in [3.63, 3.8) is 0 Å². The van der Waals surface area contributed by atoms with Gasteiger partial charge in [0.05, 0.1) is 6.04 Å². The Labute approximate surface area is 69.6 Å². The summed E-state index contributed by atoms with van der Waals surface area (Å²) >= 11 is 0. The van der Waals surface area contributed by atoms with Crippen LogP contribution in [-0.2, 0) is 4.79 Å². The molecule has 2 atom stereocenters. The second kappa shape index (κ2) is 3.40. The lowest BCUT2D eigenvalue weighted by molar-refractivity contribution is -0.139. The Morgan fingerprint density at radius 3 is 3.00 bits per heavy atom. The fourth-order valence-corrected chi connectivity index (χ4v) is 1.07. The number of nitrogens with one attached hydrogen (secondary N) is 1. The Balaban J connectivity index is 2.54. The molecule has 0 radical (unpaired) electrons. The number of hydrogen-bond acceptors (Lipinski definition) is 5. The molecule has 1 aliphatic heterocycles. The van der Waals surface area contributed by atoms with Crippen molar-refractivity contribution in [3.05, 3.63) is 0 Å². The van der Waals surface area contributed by atoms with E-state index in [4.69, 9.17) is 16.6 Å². The fourth-order valence-electron chi connectivity index (χ4n) is 1.07. The van der Waals surface area contributed by atoms with Gasteiger partial charge in [-0.1, -0.05) is 0 Å². The van der Waals surface area contributed by atoms with Crippen molar-refractivity contribution in [2.24, 2.45) is 16.5 Å². The summed E-state index contributed by atoms with van der Waals surface area (Å²) in [5.41, 5.74) is 10.7. The molecule has 0 fully saturated rings. The number of guanidine groups is 1. The first-order chi connectivity index (χ1) is 5.61. The smallest absolute Gasteiger partial charge is 0.322 e. The van der Waals surface area contributed by atoms with Crippen LogP contribution in [0.3, 0.4) is 0 Å². The number of aliphatic imine (C=N–C) groups is 1. The third-order valence-electron chi connectivity index (χ3n) is 1.77. The topological polar surface area (TPSA) is 114 Å². The van der Waals surface area contributed by atoms with Gasteiger partial charge in [-0.15, -0.1) is 0 Å². The molecule has 0 saturated carbocycles. The van der Waals surface area contributed by atoms with Crippen LogP contribution in [0.25, 0.3) is 0 Å². The summed E-state index contributed by atoms with van der Waals surface area (Å²) in [6, 6.07) is -1.22. The van der Waals surface area contributed by atoms with Crippen LogP contribution in [0.1, 0.15) is 6.42 Å². The lowest BCUT2D eigenvalue weighted by atomic mass is 10.1. The zero-order chi connectivity index (χ0) is 9.14. The van der Waals surface area contributed by atoms with Gasteiger partial charge < -0.3 is 21.9 Å². The van der Waals surface area contributed by atoms with Crippen molar-refractivity contribution in [1.82, 2.24) is 5.32 Å². The first kappa shape index (κ1) is 8.79. The van der Waals surface area contributed by atoms with Crippen LogP contribution in [0.5, 0.6) is 0 Å². The molecule has 0 spiro atoms. The zero-order valence-electron chi connectivity index (χ0n) is 6.53. The summed E-state index contributed by atoms with van der Waals surface area (Å²) in [5, 5.41) is 11.3. The minimum atomic E-state index is -1.03. The highest BCUT2D eigenvalue weighted by molar-refractivity contribution is 5.81. The van der Waals surface area contributed by atoms with Crippen molar-refractivity contribution in [2.75, 3.05) is 6.54 Å². The highest BCUT2D eigenvalue weighted by atomic mass is 16.4. The van der Waals surface area contributed by atoms with Gasteiger partial charge in [0.15, 0.2) is 5.96 Å². The van der Waals surface area contributed by atoms with Crippen LogP contribution in [0, 0.1) is 0 Å².